The minimum atomic E-state index is -0.800. The second kappa shape index (κ2) is 9.79. The van der Waals surface area contributed by atoms with E-state index in [0.29, 0.717) is 35.8 Å². The minimum absolute atomic E-state index is 0.0544. The Morgan fingerprint density at radius 2 is 1.85 bits per heavy atom. The predicted molar refractivity (Wildman–Crippen MR) is 126 cm³/mol. The fourth-order valence-corrected chi connectivity index (χ4v) is 4.39. The molecule has 2 fully saturated rings. The quantitative estimate of drug-likeness (QED) is 0.658. The first-order valence-corrected chi connectivity index (χ1v) is 11.7. The van der Waals surface area contributed by atoms with Crippen molar-refractivity contribution < 1.29 is 18.8 Å². The van der Waals surface area contributed by atoms with E-state index in [9.17, 15) is 18.8 Å². The highest BCUT2D eigenvalue weighted by atomic mass is 19.1. The summed E-state index contributed by atoms with van der Waals surface area (Å²) in [6.07, 6.45) is 4.68. The molecule has 2 aliphatic rings. The van der Waals surface area contributed by atoms with Crippen LogP contribution in [0.4, 0.5) is 15.9 Å². The smallest absolute Gasteiger partial charge is 0.313 e. The van der Waals surface area contributed by atoms with Crippen molar-refractivity contribution in [1.29, 1.82) is 0 Å². The van der Waals surface area contributed by atoms with Crippen molar-refractivity contribution in [3.8, 4) is 0 Å². The van der Waals surface area contributed by atoms with Crippen molar-refractivity contribution in [1.82, 2.24) is 14.8 Å². The van der Waals surface area contributed by atoms with Gasteiger partial charge in [-0.25, -0.2) is 9.37 Å². The number of aryl methyl sites for hydroxylation is 1. The number of pyridine rings is 1. The average molecular weight is 468 g/mol. The van der Waals surface area contributed by atoms with E-state index in [2.05, 4.69) is 10.3 Å². The van der Waals surface area contributed by atoms with Gasteiger partial charge in [-0.3, -0.25) is 14.4 Å². The maximum absolute atomic E-state index is 13.6. The van der Waals surface area contributed by atoms with Gasteiger partial charge >= 0.3 is 11.8 Å². The van der Waals surface area contributed by atoms with E-state index in [4.69, 9.17) is 5.73 Å². The molecule has 2 aromatic rings. The van der Waals surface area contributed by atoms with Crippen LogP contribution in [0.5, 0.6) is 0 Å². The molecular formula is C25H30FN5O3. The maximum atomic E-state index is 13.6. The third-order valence-corrected chi connectivity index (χ3v) is 6.57. The molecule has 2 atom stereocenters. The van der Waals surface area contributed by atoms with Crippen LogP contribution in [-0.2, 0) is 20.8 Å². The van der Waals surface area contributed by atoms with Crippen LogP contribution in [-0.4, -0.2) is 51.6 Å². The fourth-order valence-electron chi connectivity index (χ4n) is 4.39. The van der Waals surface area contributed by atoms with Crippen molar-refractivity contribution in [2.75, 3.05) is 24.1 Å². The zero-order chi connectivity index (χ0) is 24.4. The summed E-state index contributed by atoms with van der Waals surface area (Å²) >= 11 is 0. The number of hydrogen-bond donors (Lipinski definition) is 2. The number of carbonyl (C=O) groups excluding carboxylic acids is 3. The number of benzene rings is 1. The first-order valence-electron chi connectivity index (χ1n) is 11.7. The molecular weight excluding hydrogens is 437 g/mol. The summed E-state index contributed by atoms with van der Waals surface area (Å²) < 4.78 is 13.6. The molecule has 1 aromatic heterocycles. The first kappa shape index (κ1) is 23.7. The summed E-state index contributed by atoms with van der Waals surface area (Å²) in [5.41, 5.74) is 7.65. The number of hydrogen-bond acceptors (Lipinski definition) is 5. The summed E-state index contributed by atoms with van der Waals surface area (Å²) in [6, 6.07) is 6.71. The molecule has 1 saturated heterocycles. The number of carbonyl (C=O) groups is 3. The van der Waals surface area contributed by atoms with E-state index in [0.717, 1.165) is 18.4 Å². The largest absolute Gasteiger partial charge is 0.383 e. The van der Waals surface area contributed by atoms with Crippen LogP contribution in [0.25, 0.3) is 0 Å². The van der Waals surface area contributed by atoms with Gasteiger partial charge in [0.1, 0.15) is 11.6 Å². The molecule has 3 amide bonds. The second-order valence-electron chi connectivity index (χ2n) is 9.14. The standard InChI is InChI=1S/C25H30FN5O3/c1-3-17-11-20(12-28-23(17)27)29-24(33)25(34)31-13-15(2)30(22(32)10-16-4-5-16)14-21(31)18-6-8-19(26)9-7-18/h6-9,11-12,15-16,21H,3-5,10,13-14H2,1-2H3,(H2,27,28)(H,29,33)/t15-,21-/m1/s1. The van der Waals surface area contributed by atoms with Crippen LogP contribution in [0.2, 0.25) is 0 Å². The lowest BCUT2D eigenvalue weighted by Crippen LogP contribution is -2.58. The number of amides is 3. The number of anilines is 2. The highest BCUT2D eigenvalue weighted by Gasteiger charge is 2.40. The highest BCUT2D eigenvalue weighted by molar-refractivity contribution is 6.39. The number of nitrogens with zero attached hydrogens (tertiary/aromatic N) is 3. The number of nitrogen functional groups attached to an aromatic ring is 1. The third kappa shape index (κ3) is 5.18. The van der Waals surface area contributed by atoms with Crippen LogP contribution in [0.3, 0.4) is 0 Å². The van der Waals surface area contributed by atoms with E-state index in [-0.39, 0.29) is 25.0 Å². The molecule has 4 rings (SSSR count). The second-order valence-corrected chi connectivity index (χ2v) is 9.14. The van der Waals surface area contributed by atoms with Gasteiger partial charge in [0.05, 0.1) is 17.9 Å². The van der Waals surface area contributed by atoms with Gasteiger partial charge in [0.2, 0.25) is 5.91 Å². The van der Waals surface area contributed by atoms with Crippen molar-refractivity contribution in [2.24, 2.45) is 5.92 Å². The van der Waals surface area contributed by atoms with Crippen molar-refractivity contribution in [2.45, 2.75) is 51.6 Å². The van der Waals surface area contributed by atoms with Gasteiger partial charge in [0, 0.05) is 25.6 Å². The molecule has 8 nitrogen and oxygen atoms in total. The summed E-state index contributed by atoms with van der Waals surface area (Å²) in [4.78, 5) is 46.4. The van der Waals surface area contributed by atoms with Crippen LogP contribution >= 0.6 is 0 Å². The first-order chi connectivity index (χ1) is 16.3. The monoisotopic (exact) mass is 467 g/mol. The molecule has 1 aliphatic heterocycles. The van der Waals surface area contributed by atoms with Crippen LogP contribution in [0, 0.1) is 11.7 Å². The zero-order valence-corrected chi connectivity index (χ0v) is 19.5. The van der Waals surface area contributed by atoms with Crippen molar-refractivity contribution in [3.05, 3.63) is 53.5 Å². The Morgan fingerprint density at radius 3 is 2.50 bits per heavy atom. The minimum Gasteiger partial charge on any atom is -0.383 e. The third-order valence-electron chi connectivity index (χ3n) is 6.57. The van der Waals surface area contributed by atoms with Gasteiger partial charge in [-0.1, -0.05) is 19.1 Å². The molecule has 0 bridgehead atoms. The molecule has 0 spiro atoms. The van der Waals surface area contributed by atoms with Gasteiger partial charge in [0.15, 0.2) is 0 Å². The zero-order valence-electron chi connectivity index (χ0n) is 19.5. The average Bonchev–Trinajstić information content (AvgIpc) is 3.64. The van der Waals surface area contributed by atoms with Gasteiger partial charge in [-0.15, -0.1) is 0 Å². The van der Waals surface area contributed by atoms with Gasteiger partial charge in [0.25, 0.3) is 0 Å². The van der Waals surface area contributed by atoms with Crippen molar-refractivity contribution >= 4 is 29.2 Å². The molecule has 1 aromatic carbocycles. The lowest BCUT2D eigenvalue weighted by atomic mass is 9.98. The Morgan fingerprint density at radius 1 is 1.15 bits per heavy atom. The Hall–Kier alpha value is -3.49. The molecule has 9 heteroatoms. The predicted octanol–water partition coefficient (Wildman–Crippen LogP) is 2.90. The highest BCUT2D eigenvalue weighted by Crippen LogP contribution is 2.35. The molecule has 180 valence electrons. The van der Waals surface area contributed by atoms with Crippen LogP contribution in [0.1, 0.15) is 50.3 Å². The molecule has 0 unspecified atom stereocenters. The normalized spacial score (nSPS) is 20.2. The van der Waals surface area contributed by atoms with Gasteiger partial charge < -0.3 is 20.9 Å². The summed E-state index contributed by atoms with van der Waals surface area (Å²) in [5, 5.41) is 2.62. The summed E-state index contributed by atoms with van der Waals surface area (Å²) in [5.74, 6) is -1.04. The van der Waals surface area contributed by atoms with Gasteiger partial charge in [-0.2, -0.15) is 0 Å². The number of nitrogens with one attached hydrogen (secondary N) is 1. The maximum Gasteiger partial charge on any atom is 0.313 e. The topological polar surface area (TPSA) is 109 Å². The lowest BCUT2D eigenvalue weighted by Gasteiger charge is -2.45. The Balaban J connectivity index is 1.55. The lowest BCUT2D eigenvalue weighted by molar-refractivity contribution is -0.151. The number of piperazine rings is 1. The summed E-state index contributed by atoms with van der Waals surface area (Å²) in [7, 11) is 0. The van der Waals surface area contributed by atoms with Crippen LogP contribution in [0.15, 0.2) is 36.5 Å². The van der Waals surface area contributed by atoms with Crippen molar-refractivity contribution in [3.63, 3.8) is 0 Å². The number of halogens is 1. The molecule has 2 heterocycles. The van der Waals surface area contributed by atoms with E-state index in [1.807, 2.05) is 13.8 Å². The Bertz CT molecular complexity index is 1090. The summed E-state index contributed by atoms with van der Waals surface area (Å²) in [6.45, 7) is 4.25. The van der Waals surface area contributed by atoms with Gasteiger partial charge in [-0.05, 0) is 61.4 Å². The molecule has 34 heavy (non-hydrogen) atoms. The van der Waals surface area contributed by atoms with E-state index in [1.54, 1.807) is 23.1 Å². The Labute approximate surface area is 198 Å². The fraction of sp³-hybridized carbons (Fsp3) is 0.440. The molecule has 1 saturated carbocycles. The Kier molecular flexibility index (Phi) is 6.81. The molecule has 1 aliphatic carbocycles. The van der Waals surface area contributed by atoms with E-state index in [1.165, 1.54) is 23.2 Å². The number of aromatic nitrogens is 1. The molecule has 0 radical (unpaired) electrons. The molecule has 3 N–H and O–H groups in total. The SMILES string of the molecule is CCc1cc(NC(=O)C(=O)N2C[C@@H](C)N(C(=O)CC3CC3)C[C@@H]2c2ccc(F)cc2)cnc1N. The van der Waals surface area contributed by atoms with Crippen LogP contribution < -0.4 is 11.1 Å². The number of rotatable bonds is 5. The van der Waals surface area contributed by atoms with E-state index >= 15 is 0 Å². The van der Waals surface area contributed by atoms with E-state index < -0.39 is 23.7 Å². The number of nitrogens with two attached hydrogens (primary N) is 1.